The SMILES string of the molecule is CC(OC(=O)C(C)(C)C)c1ccc(O[Si](C)(C)C(C)(C)C)cc1. The molecule has 0 bridgehead atoms. The fourth-order valence-electron chi connectivity index (χ4n) is 1.66. The first kappa shape index (κ1) is 19.8. The van der Waals surface area contributed by atoms with Crippen LogP contribution < -0.4 is 4.43 Å². The molecule has 1 aromatic rings. The molecule has 1 rings (SSSR count). The summed E-state index contributed by atoms with van der Waals surface area (Å²) in [6, 6.07) is 7.89. The van der Waals surface area contributed by atoms with Gasteiger partial charge in [0.2, 0.25) is 8.32 Å². The molecule has 1 unspecified atom stereocenters. The Morgan fingerprint density at radius 1 is 1.00 bits per heavy atom. The minimum Gasteiger partial charge on any atom is -0.544 e. The molecule has 0 saturated carbocycles. The number of carbonyl (C=O) groups is 1. The van der Waals surface area contributed by atoms with Gasteiger partial charge in [-0.05, 0) is 63.5 Å². The second-order valence-corrected chi connectivity index (χ2v) is 13.5. The van der Waals surface area contributed by atoms with Crippen LogP contribution in [0.25, 0.3) is 0 Å². The van der Waals surface area contributed by atoms with Gasteiger partial charge in [-0.2, -0.15) is 0 Å². The second kappa shape index (κ2) is 6.68. The van der Waals surface area contributed by atoms with Crippen molar-refractivity contribution in [2.75, 3.05) is 0 Å². The molecule has 0 heterocycles. The van der Waals surface area contributed by atoms with Crippen LogP contribution in [0.3, 0.4) is 0 Å². The molecule has 3 nitrogen and oxygen atoms in total. The Bertz CT molecular complexity index is 533. The van der Waals surface area contributed by atoms with Gasteiger partial charge in [0.1, 0.15) is 11.9 Å². The molecule has 0 saturated heterocycles. The highest BCUT2D eigenvalue weighted by atomic mass is 28.4. The first-order valence-electron chi connectivity index (χ1n) is 8.24. The number of hydrogen-bond acceptors (Lipinski definition) is 3. The summed E-state index contributed by atoms with van der Waals surface area (Å²) in [6.45, 7) is 18.6. The summed E-state index contributed by atoms with van der Waals surface area (Å²) in [4.78, 5) is 12.0. The number of carbonyl (C=O) groups excluding carboxylic acids is 1. The van der Waals surface area contributed by atoms with Gasteiger partial charge >= 0.3 is 5.97 Å². The Morgan fingerprint density at radius 3 is 1.87 bits per heavy atom. The maximum atomic E-state index is 12.0. The van der Waals surface area contributed by atoms with E-state index in [2.05, 4.69) is 33.9 Å². The predicted molar refractivity (Wildman–Crippen MR) is 98.2 cm³/mol. The molecule has 0 amide bonds. The molecule has 0 aliphatic heterocycles. The summed E-state index contributed by atoms with van der Waals surface area (Å²) in [5, 5.41) is 0.168. The summed E-state index contributed by atoms with van der Waals surface area (Å²) in [5.41, 5.74) is 0.491. The number of hydrogen-bond donors (Lipinski definition) is 0. The van der Waals surface area contributed by atoms with Crippen molar-refractivity contribution in [1.82, 2.24) is 0 Å². The standard InChI is InChI=1S/C19H32O3Si/c1-14(21-17(20)18(2,3)4)15-10-12-16(13-11-15)22-23(8,9)19(5,6)7/h10-14H,1-9H3. The molecule has 0 spiro atoms. The maximum Gasteiger partial charge on any atom is 0.311 e. The number of esters is 1. The fourth-order valence-corrected chi connectivity index (χ4v) is 2.69. The molecule has 0 aliphatic rings. The number of benzene rings is 1. The lowest BCUT2D eigenvalue weighted by Crippen LogP contribution is -2.43. The van der Waals surface area contributed by atoms with Crippen LogP contribution in [-0.2, 0) is 9.53 Å². The predicted octanol–water partition coefficient (Wildman–Crippen LogP) is 5.72. The smallest absolute Gasteiger partial charge is 0.311 e. The monoisotopic (exact) mass is 336 g/mol. The van der Waals surface area contributed by atoms with Crippen LogP contribution in [0, 0.1) is 5.41 Å². The van der Waals surface area contributed by atoms with E-state index in [1.807, 2.05) is 52.0 Å². The van der Waals surface area contributed by atoms with Crippen LogP contribution in [0.2, 0.25) is 18.1 Å². The molecule has 0 aromatic heterocycles. The highest BCUT2D eigenvalue weighted by Crippen LogP contribution is 2.37. The second-order valence-electron chi connectivity index (χ2n) is 8.73. The molecule has 0 N–H and O–H groups in total. The zero-order valence-corrected chi connectivity index (χ0v) is 17.1. The molecule has 1 atom stereocenters. The van der Waals surface area contributed by atoms with E-state index in [1.54, 1.807) is 0 Å². The number of rotatable bonds is 4. The van der Waals surface area contributed by atoms with Crippen LogP contribution >= 0.6 is 0 Å². The average Bonchev–Trinajstić information content (AvgIpc) is 2.36. The fraction of sp³-hybridized carbons (Fsp3) is 0.632. The minimum absolute atomic E-state index is 0.168. The Morgan fingerprint density at radius 2 is 1.48 bits per heavy atom. The highest BCUT2D eigenvalue weighted by Gasteiger charge is 2.38. The van der Waals surface area contributed by atoms with E-state index >= 15 is 0 Å². The number of ether oxygens (including phenoxy) is 1. The van der Waals surface area contributed by atoms with Crippen molar-refractivity contribution in [2.24, 2.45) is 5.41 Å². The van der Waals surface area contributed by atoms with E-state index in [0.29, 0.717) is 0 Å². The summed E-state index contributed by atoms with van der Waals surface area (Å²) in [5.74, 6) is 0.696. The zero-order chi connectivity index (χ0) is 18.1. The van der Waals surface area contributed by atoms with Gasteiger partial charge in [0, 0.05) is 0 Å². The van der Waals surface area contributed by atoms with Crippen LogP contribution in [0.5, 0.6) is 5.75 Å². The van der Waals surface area contributed by atoms with Gasteiger partial charge in [-0.15, -0.1) is 0 Å². The lowest BCUT2D eigenvalue weighted by Gasteiger charge is -2.36. The Balaban J connectivity index is 2.79. The van der Waals surface area contributed by atoms with Crippen LogP contribution in [0.15, 0.2) is 24.3 Å². The Hall–Kier alpha value is -1.29. The molecule has 0 fully saturated rings. The highest BCUT2D eigenvalue weighted by molar-refractivity contribution is 6.74. The van der Waals surface area contributed by atoms with Gasteiger partial charge in [0.25, 0.3) is 0 Å². The largest absolute Gasteiger partial charge is 0.544 e. The van der Waals surface area contributed by atoms with Crippen molar-refractivity contribution in [1.29, 1.82) is 0 Å². The van der Waals surface area contributed by atoms with Crippen molar-refractivity contribution in [2.45, 2.75) is 72.7 Å². The first-order valence-corrected chi connectivity index (χ1v) is 11.1. The summed E-state index contributed by atoms with van der Waals surface area (Å²) in [6.07, 6.45) is -0.261. The van der Waals surface area contributed by atoms with Gasteiger partial charge in [0.15, 0.2) is 0 Å². The van der Waals surface area contributed by atoms with Crippen molar-refractivity contribution in [3.63, 3.8) is 0 Å². The van der Waals surface area contributed by atoms with Gasteiger partial charge in [-0.25, -0.2) is 0 Å². The van der Waals surface area contributed by atoms with Crippen molar-refractivity contribution in [3.05, 3.63) is 29.8 Å². The lowest BCUT2D eigenvalue weighted by molar-refractivity contribution is -0.158. The van der Waals surface area contributed by atoms with E-state index in [0.717, 1.165) is 11.3 Å². The molecular formula is C19H32O3Si. The van der Waals surface area contributed by atoms with Crippen LogP contribution in [-0.4, -0.2) is 14.3 Å². The maximum absolute atomic E-state index is 12.0. The van der Waals surface area contributed by atoms with E-state index in [4.69, 9.17) is 9.16 Å². The van der Waals surface area contributed by atoms with Gasteiger partial charge in [-0.1, -0.05) is 32.9 Å². The third kappa shape index (κ3) is 5.38. The summed E-state index contributed by atoms with van der Waals surface area (Å²) >= 11 is 0. The molecule has 0 aliphatic carbocycles. The molecule has 0 radical (unpaired) electrons. The van der Waals surface area contributed by atoms with Crippen molar-refractivity contribution >= 4 is 14.3 Å². The van der Waals surface area contributed by atoms with Crippen LogP contribution in [0.4, 0.5) is 0 Å². The zero-order valence-electron chi connectivity index (χ0n) is 16.1. The van der Waals surface area contributed by atoms with Crippen LogP contribution in [0.1, 0.15) is 60.1 Å². The minimum atomic E-state index is -1.83. The lowest BCUT2D eigenvalue weighted by atomic mass is 9.97. The van der Waals surface area contributed by atoms with Crippen molar-refractivity contribution < 1.29 is 14.0 Å². The van der Waals surface area contributed by atoms with E-state index in [-0.39, 0.29) is 17.1 Å². The third-order valence-corrected chi connectivity index (χ3v) is 8.78. The van der Waals surface area contributed by atoms with Gasteiger partial charge < -0.3 is 9.16 Å². The molecule has 1 aromatic carbocycles. The molecule has 130 valence electrons. The molecule has 23 heavy (non-hydrogen) atoms. The van der Waals surface area contributed by atoms with E-state index in [9.17, 15) is 4.79 Å². The summed E-state index contributed by atoms with van der Waals surface area (Å²) < 4.78 is 11.8. The average molecular weight is 337 g/mol. The topological polar surface area (TPSA) is 35.5 Å². The van der Waals surface area contributed by atoms with Crippen molar-refractivity contribution in [3.8, 4) is 5.75 Å². The Kier molecular flexibility index (Phi) is 5.73. The van der Waals surface area contributed by atoms with E-state index < -0.39 is 13.7 Å². The summed E-state index contributed by atoms with van der Waals surface area (Å²) in [7, 11) is -1.83. The quantitative estimate of drug-likeness (QED) is 0.521. The molecule has 4 heteroatoms. The normalized spacial score (nSPS) is 14.3. The molecular weight excluding hydrogens is 304 g/mol. The first-order chi connectivity index (χ1) is 10.2. The van der Waals surface area contributed by atoms with Gasteiger partial charge in [-0.3, -0.25) is 4.79 Å². The van der Waals surface area contributed by atoms with Gasteiger partial charge in [0.05, 0.1) is 5.41 Å². The Labute approximate surface area is 142 Å². The third-order valence-electron chi connectivity index (χ3n) is 4.42. The van der Waals surface area contributed by atoms with E-state index in [1.165, 1.54) is 0 Å².